The van der Waals surface area contributed by atoms with Crippen LogP contribution >= 0.6 is 0 Å². The van der Waals surface area contributed by atoms with Crippen molar-refractivity contribution in [3.8, 4) is 5.75 Å². The summed E-state index contributed by atoms with van der Waals surface area (Å²) in [5.74, 6) is 1.08. The molecular formula is C19H24N2O4. The van der Waals surface area contributed by atoms with E-state index in [-0.39, 0.29) is 36.4 Å². The number of hydrogen-bond acceptors (Lipinski definition) is 4. The van der Waals surface area contributed by atoms with E-state index in [2.05, 4.69) is 11.4 Å². The summed E-state index contributed by atoms with van der Waals surface area (Å²) >= 11 is 0. The topological polar surface area (TPSA) is 78.9 Å². The molecule has 0 bridgehead atoms. The van der Waals surface area contributed by atoms with Crippen LogP contribution in [0.4, 0.5) is 0 Å². The molecule has 1 aromatic carbocycles. The first kappa shape index (κ1) is 16.4. The molecule has 1 aromatic rings. The van der Waals surface area contributed by atoms with E-state index < -0.39 is 0 Å². The molecule has 2 fully saturated rings. The van der Waals surface area contributed by atoms with Crippen molar-refractivity contribution in [2.45, 2.75) is 44.2 Å². The molecule has 0 spiro atoms. The summed E-state index contributed by atoms with van der Waals surface area (Å²) in [6.07, 6.45) is 3.37. The van der Waals surface area contributed by atoms with Gasteiger partial charge in [-0.15, -0.1) is 0 Å². The van der Waals surface area contributed by atoms with Crippen molar-refractivity contribution >= 4 is 11.8 Å². The lowest BCUT2D eigenvalue weighted by molar-refractivity contribution is -0.133. The highest BCUT2D eigenvalue weighted by atomic mass is 16.5. The maximum absolute atomic E-state index is 12.5. The molecule has 3 aliphatic rings. The molecule has 0 radical (unpaired) electrons. The molecule has 2 heterocycles. The third-order valence-electron chi connectivity index (χ3n) is 5.52. The van der Waals surface area contributed by atoms with E-state index in [1.807, 2.05) is 12.1 Å². The van der Waals surface area contributed by atoms with Crippen molar-refractivity contribution in [3.63, 3.8) is 0 Å². The lowest BCUT2D eigenvalue weighted by Gasteiger charge is -2.38. The number of carbonyl (C=O) groups excluding carboxylic acids is 2. The molecule has 1 saturated carbocycles. The molecule has 2 aliphatic heterocycles. The third-order valence-corrected chi connectivity index (χ3v) is 5.52. The lowest BCUT2D eigenvalue weighted by Crippen LogP contribution is -2.45. The summed E-state index contributed by atoms with van der Waals surface area (Å²) in [5.41, 5.74) is 2.23. The predicted octanol–water partition coefficient (Wildman–Crippen LogP) is 1.17. The first-order chi connectivity index (χ1) is 12.1. The highest BCUT2D eigenvalue weighted by Gasteiger charge is 2.36. The van der Waals surface area contributed by atoms with Gasteiger partial charge in [0.05, 0.1) is 25.3 Å². The quantitative estimate of drug-likeness (QED) is 0.840. The van der Waals surface area contributed by atoms with Crippen LogP contribution in [0.1, 0.15) is 42.9 Å². The second-order valence-corrected chi connectivity index (χ2v) is 7.31. The maximum Gasteiger partial charge on any atom is 0.240 e. The number of fused-ring (bicyclic) bond motifs is 1. The van der Waals surface area contributed by atoms with Crippen molar-refractivity contribution in [2.24, 2.45) is 5.92 Å². The van der Waals surface area contributed by atoms with E-state index in [1.165, 1.54) is 5.56 Å². The normalized spacial score (nSPS) is 26.0. The molecule has 1 aliphatic carbocycles. The van der Waals surface area contributed by atoms with Crippen molar-refractivity contribution in [2.75, 3.05) is 19.7 Å². The first-order valence-corrected chi connectivity index (χ1v) is 9.11. The summed E-state index contributed by atoms with van der Waals surface area (Å²) in [5, 5.41) is 12.8. The van der Waals surface area contributed by atoms with Gasteiger partial charge in [-0.2, -0.15) is 0 Å². The summed E-state index contributed by atoms with van der Waals surface area (Å²) < 4.78 is 5.56. The van der Waals surface area contributed by atoms with E-state index in [4.69, 9.17) is 4.74 Å². The molecule has 1 atom stereocenters. The number of benzene rings is 1. The van der Waals surface area contributed by atoms with E-state index in [0.717, 1.165) is 24.2 Å². The summed E-state index contributed by atoms with van der Waals surface area (Å²) in [7, 11) is 0. The molecule has 4 rings (SSSR count). The minimum absolute atomic E-state index is 0.0560. The minimum atomic E-state index is -0.276. The fourth-order valence-electron chi connectivity index (χ4n) is 4.04. The van der Waals surface area contributed by atoms with Gasteiger partial charge in [0.25, 0.3) is 0 Å². The van der Waals surface area contributed by atoms with Crippen molar-refractivity contribution in [3.05, 3.63) is 29.3 Å². The van der Waals surface area contributed by atoms with Crippen molar-refractivity contribution < 1.29 is 19.4 Å². The maximum atomic E-state index is 12.5. The van der Waals surface area contributed by atoms with Gasteiger partial charge in [0.2, 0.25) is 11.8 Å². The third kappa shape index (κ3) is 3.35. The number of aliphatic hydroxyl groups is 1. The average Bonchev–Trinajstić information content (AvgIpc) is 3.18. The Morgan fingerprint density at radius 3 is 2.92 bits per heavy atom. The highest BCUT2D eigenvalue weighted by molar-refractivity contribution is 5.86. The number of amides is 2. The lowest BCUT2D eigenvalue weighted by atomic mass is 9.75. The zero-order valence-electron chi connectivity index (χ0n) is 14.2. The monoisotopic (exact) mass is 344 g/mol. The van der Waals surface area contributed by atoms with Gasteiger partial charge in [-0.05, 0) is 48.4 Å². The zero-order valence-corrected chi connectivity index (χ0v) is 14.2. The van der Waals surface area contributed by atoms with E-state index in [9.17, 15) is 14.7 Å². The van der Waals surface area contributed by atoms with Crippen LogP contribution in [0.5, 0.6) is 5.75 Å². The van der Waals surface area contributed by atoms with Crippen LogP contribution < -0.4 is 10.1 Å². The number of ether oxygens (including phenoxy) is 1. The molecule has 0 aromatic heterocycles. The molecule has 2 amide bonds. The number of likely N-dealkylation sites (tertiary alicyclic amines) is 1. The van der Waals surface area contributed by atoms with Crippen molar-refractivity contribution in [1.82, 2.24) is 10.2 Å². The van der Waals surface area contributed by atoms with Crippen LogP contribution in [0.3, 0.4) is 0 Å². The second kappa shape index (κ2) is 6.67. The molecule has 25 heavy (non-hydrogen) atoms. The number of nitrogens with zero attached hydrogens (tertiary/aromatic N) is 1. The van der Waals surface area contributed by atoms with Crippen LogP contribution in [-0.4, -0.2) is 47.6 Å². The van der Waals surface area contributed by atoms with E-state index in [0.29, 0.717) is 32.4 Å². The van der Waals surface area contributed by atoms with Crippen LogP contribution in [0.25, 0.3) is 0 Å². The Hall–Kier alpha value is -2.08. The van der Waals surface area contributed by atoms with Gasteiger partial charge in [0.1, 0.15) is 5.75 Å². The van der Waals surface area contributed by atoms with Gasteiger partial charge in [0.15, 0.2) is 0 Å². The van der Waals surface area contributed by atoms with Crippen molar-refractivity contribution in [1.29, 1.82) is 0 Å². The summed E-state index contributed by atoms with van der Waals surface area (Å²) in [6, 6.07) is 5.95. The molecule has 134 valence electrons. The number of aliphatic hydroxyl groups excluding tert-OH is 1. The SMILES string of the molecule is O=C(CN1CCCC1=O)NC(c1ccc2c(c1)CCO2)C1CC(O)C1. The Kier molecular flexibility index (Phi) is 4.37. The molecule has 1 saturated heterocycles. The zero-order chi connectivity index (χ0) is 17.4. The largest absolute Gasteiger partial charge is 0.493 e. The van der Waals surface area contributed by atoms with Crippen LogP contribution in [0.15, 0.2) is 18.2 Å². The molecule has 6 nitrogen and oxygen atoms in total. The smallest absolute Gasteiger partial charge is 0.240 e. The summed E-state index contributed by atoms with van der Waals surface area (Å²) in [4.78, 5) is 25.9. The first-order valence-electron chi connectivity index (χ1n) is 9.11. The number of hydrogen-bond donors (Lipinski definition) is 2. The van der Waals surface area contributed by atoms with Gasteiger partial charge >= 0.3 is 0 Å². The minimum Gasteiger partial charge on any atom is -0.493 e. The Morgan fingerprint density at radius 1 is 1.36 bits per heavy atom. The number of carbonyl (C=O) groups is 2. The second-order valence-electron chi connectivity index (χ2n) is 7.31. The number of nitrogens with one attached hydrogen (secondary N) is 1. The molecule has 2 N–H and O–H groups in total. The van der Waals surface area contributed by atoms with Crippen LogP contribution in [0.2, 0.25) is 0 Å². The average molecular weight is 344 g/mol. The predicted molar refractivity (Wildman–Crippen MR) is 91.1 cm³/mol. The van der Waals surface area contributed by atoms with Gasteiger partial charge in [0, 0.05) is 19.4 Å². The Morgan fingerprint density at radius 2 is 2.20 bits per heavy atom. The highest BCUT2D eigenvalue weighted by Crippen LogP contribution is 2.39. The Balaban J connectivity index is 1.48. The fourth-order valence-corrected chi connectivity index (χ4v) is 4.04. The van der Waals surface area contributed by atoms with Gasteiger partial charge in [-0.25, -0.2) is 0 Å². The van der Waals surface area contributed by atoms with Gasteiger partial charge in [-0.1, -0.05) is 6.07 Å². The fraction of sp³-hybridized carbons (Fsp3) is 0.579. The van der Waals surface area contributed by atoms with Gasteiger partial charge in [-0.3, -0.25) is 9.59 Å². The summed E-state index contributed by atoms with van der Waals surface area (Å²) in [6.45, 7) is 1.49. The standard InChI is InChI=1S/C19H24N2O4/c22-15-9-14(10-15)19(13-3-4-16-12(8-13)5-7-25-16)20-17(23)11-21-6-1-2-18(21)24/h3-4,8,14-15,19,22H,1-2,5-7,9-11H2,(H,20,23). The Labute approximate surface area is 147 Å². The van der Waals surface area contributed by atoms with E-state index in [1.54, 1.807) is 4.90 Å². The van der Waals surface area contributed by atoms with Gasteiger partial charge < -0.3 is 20.1 Å². The van der Waals surface area contributed by atoms with E-state index >= 15 is 0 Å². The molecule has 1 unspecified atom stereocenters. The molecule has 6 heteroatoms. The van der Waals surface area contributed by atoms with Crippen LogP contribution in [0, 0.1) is 5.92 Å². The number of rotatable bonds is 5. The molecular weight excluding hydrogens is 320 g/mol. The van der Waals surface area contributed by atoms with Crippen LogP contribution in [-0.2, 0) is 16.0 Å². The Bertz CT molecular complexity index is 684.